The summed E-state index contributed by atoms with van der Waals surface area (Å²) in [6, 6.07) is 0. The van der Waals surface area contributed by atoms with Crippen molar-refractivity contribution in [2.45, 2.75) is 0 Å². The highest BCUT2D eigenvalue weighted by Gasteiger charge is 2.20. The van der Waals surface area contributed by atoms with E-state index in [-0.39, 0.29) is 25.0 Å². The molecule has 15 heavy (non-hydrogen) atoms. The minimum absolute atomic E-state index is 0.0106. The number of amides is 2. The van der Waals surface area contributed by atoms with E-state index in [0.717, 1.165) is 0 Å². The average Bonchev–Trinajstić information content (AvgIpc) is 2.24. The van der Waals surface area contributed by atoms with Crippen LogP contribution in [0.1, 0.15) is 0 Å². The van der Waals surface area contributed by atoms with Crippen LogP contribution in [0.2, 0.25) is 0 Å². The van der Waals surface area contributed by atoms with Gasteiger partial charge in [-0.3, -0.25) is 9.59 Å². The van der Waals surface area contributed by atoms with E-state index in [1.54, 1.807) is 7.11 Å². The zero-order valence-electron chi connectivity index (χ0n) is 8.82. The first-order valence-electron chi connectivity index (χ1n) is 4.85. The Hall–Kier alpha value is -1.14. The summed E-state index contributed by atoms with van der Waals surface area (Å²) >= 11 is 0. The minimum Gasteiger partial charge on any atom is -0.382 e. The first-order valence-corrected chi connectivity index (χ1v) is 4.85. The second kappa shape index (κ2) is 6.36. The molecule has 0 saturated carbocycles. The fourth-order valence-corrected chi connectivity index (χ4v) is 1.24. The molecule has 0 unspecified atom stereocenters. The number of hydrogen-bond acceptors (Lipinski definition) is 4. The summed E-state index contributed by atoms with van der Waals surface area (Å²) < 4.78 is 9.85. The van der Waals surface area contributed by atoms with Crippen LogP contribution < -0.4 is 5.32 Å². The van der Waals surface area contributed by atoms with Crippen molar-refractivity contribution in [3.05, 3.63) is 0 Å². The van der Waals surface area contributed by atoms with Gasteiger partial charge in [0, 0.05) is 20.2 Å². The molecule has 1 aliphatic rings. The Bertz CT molecular complexity index is 232. The van der Waals surface area contributed by atoms with Crippen molar-refractivity contribution < 1.29 is 19.1 Å². The Kier molecular flexibility index (Phi) is 5.06. The lowest BCUT2D eigenvalue weighted by Crippen LogP contribution is -2.50. The number of rotatable bonds is 5. The van der Waals surface area contributed by atoms with Gasteiger partial charge in [0.1, 0.15) is 6.61 Å². The first-order chi connectivity index (χ1) is 7.24. The quantitative estimate of drug-likeness (QED) is 0.574. The van der Waals surface area contributed by atoms with Crippen molar-refractivity contribution in [2.75, 3.05) is 46.6 Å². The molecule has 6 heteroatoms. The van der Waals surface area contributed by atoms with Crippen molar-refractivity contribution >= 4 is 11.8 Å². The molecule has 0 atom stereocenters. The molecule has 0 aromatic rings. The third-order valence-electron chi connectivity index (χ3n) is 2.05. The fourth-order valence-electron chi connectivity index (χ4n) is 1.24. The summed E-state index contributed by atoms with van der Waals surface area (Å²) in [5, 5.41) is 2.65. The Morgan fingerprint density at radius 1 is 1.53 bits per heavy atom. The number of carbonyl (C=O) groups is 2. The Labute approximate surface area is 88.5 Å². The third kappa shape index (κ3) is 4.26. The first kappa shape index (κ1) is 11.9. The van der Waals surface area contributed by atoms with E-state index in [9.17, 15) is 9.59 Å². The number of ether oxygens (including phenoxy) is 2. The normalized spacial score (nSPS) is 16.3. The molecule has 1 rings (SSSR count). The number of piperazine rings is 1. The number of nitrogens with zero attached hydrogens (tertiary/aromatic N) is 1. The topological polar surface area (TPSA) is 67.9 Å². The van der Waals surface area contributed by atoms with Crippen LogP contribution in [0.4, 0.5) is 0 Å². The van der Waals surface area contributed by atoms with Gasteiger partial charge in [0.25, 0.3) is 0 Å². The molecule has 1 aliphatic heterocycles. The zero-order valence-corrected chi connectivity index (χ0v) is 8.82. The number of hydrogen-bond donors (Lipinski definition) is 1. The van der Waals surface area contributed by atoms with E-state index < -0.39 is 0 Å². The Morgan fingerprint density at radius 2 is 2.33 bits per heavy atom. The van der Waals surface area contributed by atoms with E-state index in [4.69, 9.17) is 9.47 Å². The van der Waals surface area contributed by atoms with Crippen molar-refractivity contribution in [3.8, 4) is 0 Å². The standard InChI is InChI=1S/C9H16N2O4/c1-14-4-5-15-7-9(13)11-3-2-10-8(12)6-11/h2-7H2,1H3,(H,10,12). The molecule has 0 aliphatic carbocycles. The number of methoxy groups -OCH3 is 1. The van der Waals surface area contributed by atoms with Crippen LogP contribution in [-0.4, -0.2) is 63.3 Å². The summed E-state index contributed by atoms with van der Waals surface area (Å²) in [4.78, 5) is 24.0. The highest BCUT2D eigenvalue weighted by molar-refractivity contribution is 5.86. The monoisotopic (exact) mass is 216 g/mol. The molecular weight excluding hydrogens is 200 g/mol. The smallest absolute Gasteiger partial charge is 0.249 e. The SMILES string of the molecule is COCCOCC(=O)N1CCNC(=O)C1. The van der Waals surface area contributed by atoms with Gasteiger partial charge in [-0.25, -0.2) is 0 Å². The lowest BCUT2D eigenvalue weighted by molar-refractivity contribution is -0.142. The summed E-state index contributed by atoms with van der Waals surface area (Å²) in [5.41, 5.74) is 0. The van der Waals surface area contributed by atoms with Gasteiger partial charge in [-0.15, -0.1) is 0 Å². The van der Waals surface area contributed by atoms with Crippen LogP contribution in [0, 0.1) is 0 Å². The maximum atomic E-state index is 11.5. The van der Waals surface area contributed by atoms with Gasteiger partial charge in [0.15, 0.2) is 0 Å². The molecule has 86 valence electrons. The maximum absolute atomic E-state index is 11.5. The van der Waals surface area contributed by atoms with Gasteiger partial charge in [0.05, 0.1) is 19.8 Å². The minimum atomic E-state index is -0.152. The molecule has 1 heterocycles. The van der Waals surface area contributed by atoms with Crippen LogP contribution in [0.3, 0.4) is 0 Å². The predicted molar refractivity (Wildman–Crippen MR) is 52.3 cm³/mol. The van der Waals surface area contributed by atoms with Crippen molar-refractivity contribution in [2.24, 2.45) is 0 Å². The maximum Gasteiger partial charge on any atom is 0.249 e. The van der Waals surface area contributed by atoms with E-state index in [2.05, 4.69) is 5.32 Å². The van der Waals surface area contributed by atoms with Gasteiger partial charge < -0.3 is 19.7 Å². The molecule has 0 bridgehead atoms. The third-order valence-corrected chi connectivity index (χ3v) is 2.05. The lowest BCUT2D eigenvalue weighted by atomic mass is 10.3. The molecule has 0 radical (unpaired) electrons. The van der Waals surface area contributed by atoms with Crippen LogP contribution in [-0.2, 0) is 19.1 Å². The van der Waals surface area contributed by atoms with Crippen molar-refractivity contribution in [1.82, 2.24) is 10.2 Å². The van der Waals surface area contributed by atoms with E-state index in [1.807, 2.05) is 0 Å². The molecule has 0 aromatic heterocycles. The summed E-state index contributed by atoms with van der Waals surface area (Å²) in [6.45, 7) is 2.07. The summed E-state index contributed by atoms with van der Waals surface area (Å²) in [7, 11) is 1.57. The molecule has 6 nitrogen and oxygen atoms in total. The molecular formula is C9H16N2O4. The highest BCUT2D eigenvalue weighted by atomic mass is 16.5. The van der Waals surface area contributed by atoms with Crippen LogP contribution >= 0.6 is 0 Å². The van der Waals surface area contributed by atoms with Crippen LogP contribution in [0.15, 0.2) is 0 Å². The predicted octanol–water partition coefficient (Wildman–Crippen LogP) is -1.39. The highest BCUT2D eigenvalue weighted by Crippen LogP contribution is 1.95. The molecule has 1 fully saturated rings. The van der Waals surface area contributed by atoms with E-state index >= 15 is 0 Å². The van der Waals surface area contributed by atoms with Gasteiger partial charge in [-0.05, 0) is 0 Å². The summed E-state index contributed by atoms with van der Waals surface area (Å²) in [6.07, 6.45) is 0. The average molecular weight is 216 g/mol. The van der Waals surface area contributed by atoms with Crippen molar-refractivity contribution in [1.29, 1.82) is 0 Å². The second-order valence-corrected chi connectivity index (χ2v) is 3.21. The zero-order chi connectivity index (χ0) is 11.1. The summed E-state index contributed by atoms with van der Waals surface area (Å²) in [5.74, 6) is -0.271. The molecule has 0 aromatic carbocycles. The second-order valence-electron chi connectivity index (χ2n) is 3.21. The van der Waals surface area contributed by atoms with E-state index in [1.165, 1.54) is 4.90 Å². The molecule has 1 saturated heterocycles. The van der Waals surface area contributed by atoms with E-state index in [0.29, 0.717) is 26.3 Å². The number of nitrogens with one attached hydrogen (secondary N) is 1. The van der Waals surface area contributed by atoms with Gasteiger partial charge >= 0.3 is 0 Å². The van der Waals surface area contributed by atoms with Crippen LogP contribution in [0.25, 0.3) is 0 Å². The number of carbonyl (C=O) groups excluding carboxylic acids is 2. The van der Waals surface area contributed by atoms with Gasteiger partial charge in [0.2, 0.25) is 11.8 Å². The molecule has 2 amide bonds. The molecule has 1 N–H and O–H groups in total. The Morgan fingerprint density at radius 3 is 3.00 bits per heavy atom. The fraction of sp³-hybridized carbons (Fsp3) is 0.778. The lowest BCUT2D eigenvalue weighted by Gasteiger charge is -2.26. The van der Waals surface area contributed by atoms with Crippen molar-refractivity contribution in [3.63, 3.8) is 0 Å². The Balaban J connectivity index is 2.18. The molecule has 0 spiro atoms. The van der Waals surface area contributed by atoms with Crippen LogP contribution in [0.5, 0.6) is 0 Å². The largest absolute Gasteiger partial charge is 0.382 e. The van der Waals surface area contributed by atoms with Gasteiger partial charge in [-0.1, -0.05) is 0 Å². The van der Waals surface area contributed by atoms with Gasteiger partial charge in [-0.2, -0.15) is 0 Å².